The highest BCUT2D eigenvalue weighted by Gasteiger charge is 2.34. The van der Waals surface area contributed by atoms with Crippen molar-refractivity contribution in [2.24, 2.45) is 0 Å². The van der Waals surface area contributed by atoms with Gasteiger partial charge < -0.3 is 14.6 Å². The molecule has 2 amide bonds. The summed E-state index contributed by atoms with van der Waals surface area (Å²) in [4.78, 5) is 37.3. The number of thioether (sulfide) groups is 1. The Hall–Kier alpha value is -2.78. The topological polar surface area (TPSA) is 93.1 Å². The molecule has 1 aliphatic rings. The van der Waals surface area contributed by atoms with Crippen molar-refractivity contribution >= 4 is 50.9 Å². The number of hydrogen-bond donors (Lipinski definition) is 1. The highest BCUT2D eigenvalue weighted by atomic mass is 79.9. The van der Waals surface area contributed by atoms with Crippen LogP contribution >= 0.6 is 27.7 Å². The number of carboxylic acids is 1. The van der Waals surface area contributed by atoms with E-state index >= 15 is 0 Å². The van der Waals surface area contributed by atoms with Crippen LogP contribution in [0.4, 0.5) is 4.79 Å². The Balaban J connectivity index is 1.78. The monoisotopic (exact) mass is 491 g/mol. The molecule has 0 bridgehead atoms. The number of nitrogens with zero attached hydrogens (tertiary/aromatic N) is 1. The summed E-state index contributed by atoms with van der Waals surface area (Å²) in [5.74, 6) is -0.895. The minimum atomic E-state index is -1.11. The summed E-state index contributed by atoms with van der Waals surface area (Å²) in [5, 5.41) is 8.47. The molecular formula is C21H18BrNO6S. The molecule has 0 aromatic heterocycles. The molecule has 1 aliphatic heterocycles. The fraction of sp³-hybridized carbons (Fsp3) is 0.190. The fourth-order valence-corrected chi connectivity index (χ4v) is 4.09. The van der Waals surface area contributed by atoms with Crippen LogP contribution in [0.3, 0.4) is 0 Å². The van der Waals surface area contributed by atoms with Gasteiger partial charge in [0.25, 0.3) is 11.1 Å². The van der Waals surface area contributed by atoms with Crippen molar-refractivity contribution in [3.8, 4) is 11.5 Å². The molecule has 0 unspecified atom stereocenters. The number of carbonyl (C=O) groups is 3. The van der Waals surface area contributed by atoms with Crippen molar-refractivity contribution in [1.29, 1.82) is 0 Å². The second-order valence-corrected chi connectivity index (χ2v) is 8.12. The van der Waals surface area contributed by atoms with Gasteiger partial charge in [-0.05, 0) is 47.5 Å². The third kappa shape index (κ3) is 5.22. The molecule has 1 N–H and O–H groups in total. The summed E-state index contributed by atoms with van der Waals surface area (Å²) in [6, 6.07) is 12.8. The van der Waals surface area contributed by atoms with Crippen molar-refractivity contribution in [2.75, 3.05) is 20.3 Å². The molecule has 0 radical (unpaired) electrons. The zero-order valence-electron chi connectivity index (χ0n) is 16.0. The standard InChI is InChI=1S/C21H18BrNO6S/c1-28-16-9-14(15(22)11-17(16)29-12-19(24)25)10-18-20(26)23(21(27)30-18)8-7-13-5-3-2-4-6-13/h2-6,9-11H,7-8,12H2,1H3,(H,24,25)/b18-10-. The zero-order valence-corrected chi connectivity index (χ0v) is 18.4. The second kappa shape index (κ2) is 9.82. The maximum Gasteiger partial charge on any atom is 0.341 e. The van der Waals surface area contributed by atoms with E-state index in [-0.39, 0.29) is 16.9 Å². The molecule has 0 atom stereocenters. The van der Waals surface area contributed by atoms with Crippen LogP contribution < -0.4 is 9.47 Å². The Kier molecular flexibility index (Phi) is 7.17. The van der Waals surface area contributed by atoms with Gasteiger partial charge >= 0.3 is 5.97 Å². The summed E-state index contributed by atoms with van der Waals surface area (Å²) in [5.41, 5.74) is 1.65. The Morgan fingerprint density at radius 3 is 2.60 bits per heavy atom. The van der Waals surface area contributed by atoms with Crippen molar-refractivity contribution in [1.82, 2.24) is 4.90 Å². The first-order valence-corrected chi connectivity index (χ1v) is 10.5. The number of carboxylic acid groups (broad SMARTS) is 1. The van der Waals surface area contributed by atoms with E-state index in [9.17, 15) is 14.4 Å². The van der Waals surface area contributed by atoms with E-state index in [1.807, 2.05) is 30.3 Å². The lowest BCUT2D eigenvalue weighted by atomic mass is 10.1. The van der Waals surface area contributed by atoms with Gasteiger partial charge in [0.1, 0.15) is 0 Å². The number of amides is 2. The number of carbonyl (C=O) groups excluding carboxylic acids is 2. The van der Waals surface area contributed by atoms with Gasteiger partial charge in [0, 0.05) is 11.0 Å². The first-order chi connectivity index (χ1) is 14.4. The largest absolute Gasteiger partial charge is 0.493 e. The molecule has 7 nitrogen and oxygen atoms in total. The van der Waals surface area contributed by atoms with Gasteiger partial charge in [-0.1, -0.05) is 46.3 Å². The van der Waals surface area contributed by atoms with Gasteiger partial charge in [-0.25, -0.2) is 4.79 Å². The van der Waals surface area contributed by atoms with Crippen LogP contribution in [-0.4, -0.2) is 47.4 Å². The Morgan fingerprint density at radius 2 is 1.93 bits per heavy atom. The predicted octanol–water partition coefficient (Wildman–Crippen LogP) is 4.20. The summed E-state index contributed by atoms with van der Waals surface area (Å²) in [7, 11) is 1.43. The highest BCUT2D eigenvalue weighted by Crippen LogP contribution is 2.38. The van der Waals surface area contributed by atoms with E-state index in [0.29, 0.717) is 33.7 Å². The Bertz CT molecular complexity index is 1010. The molecule has 9 heteroatoms. The lowest BCUT2D eigenvalue weighted by molar-refractivity contribution is -0.139. The number of benzene rings is 2. The molecule has 2 aromatic carbocycles. The minimum absolute atomic E-state index is 0.250. The zero-order chi connectivity index (χ0) is 21.7. The molecule has 3 rings (SSSR count). The molecule has 156 valence electrons. The molecule has 30 heavy (non-hydrogen) atoms. The average molecular weight is 492 g/mol. The van der Waals surface area contributed by atoms with Crippen molar-refractivity contribution < 1.29 is 29.0 Å². The molecule has 1 fully saturated rings. The van der Waals surface area contributed by atoms with Crippen LogP contribution in [0.2, 0.25) is 0 Å². The Morgan fingerprint density at radius 1 is 1.20 bits per heavy atom. The minimum Gasteiger partial charge on any atom is -0.493 e. The van der Waals surface area contributed by atoms with Crippen LogP contribution in [0, 0.1) is 0 Å². The van der Waals surface area contributed by atoms with Crippen LogP contribution in [0.5, 0.6) is 11.5 Å². The van der Waals surface area contributed by atoms with E-state index in [1.165, 1.54) is 12.0 Å². The van der Waals surface area contributed by atoms with E-state index in [4.69, 9.17) is 14.6 Å². The molecule has 2 aromatic rings. The van der Waals surface area contributed by atoms with Crippen LogP contribution in [0.25, 0.3) is 6.08 Å². The van der Waals surface area contributed by atoms with Gasteiger partial charge in [-0.2, -0.15) is 0 Å². The second-order valence-electron chi connectivity index (χ2n) is 6.28. The number of aliphatic carboxylic acids is 1. The summed E-state index contributed by atoms with van der Waals surface area (Å²) >= 11 is 4.27. The summed E-state index contributed by atoms with van der Waals surface area (Å²) in [6.07, 6.45) is 2.18. The molecule has 0 aliphatic carbocycles. The summed E-state index contributed by atoms with van der Waals surface area (Å²) in [6.45, 7) is -0.207. The number of hydrogen-bond acceptors (Lipinski definition) is 6. The quantitative estimate of drug-likeness (QED) is 0.553. The van der Waals surface area contributed by atoms with E-state index < -0.39 is 12.6 Å². The SMILES string of the molecule is COc1cc(/C=C2\SC(=O)N(CCc3ccccc3)C2=O)c(Br)cc1OCC(=O)O. The lowest BCUT2D eigenvalue weighted by Crippen LogP contribution is -2.30. The predicted molar refractivity (Wildman–Crippen MR) is 117 cm³/mol. The van der Waals surface area contributed by atoms with Crippen LogP contribution in [0.1, 0.15) is 11.1 Å². The average Bonchev–Trinajstić information content (AvgIpc) is 2.99. The normalized spacial score (nSPS) is 15.0. The number of ether oxygens (including phenoxy) is 2. The van der Waals surface area contributed by atoms with Crippen molar-refractivity contribution in [3.63, 3.8) is 0 Å². The smallest absolute Gasteiger partial charge is 0.341 e. The molecule has 1 heterocycles. The van der Waals surface area contributed by atoms with Gasteiger partial charge in [0.2, 0.25) is 0 Å². The van der Waals surface area contributed by atoms with Gasteiger partial charge in [-0.3, -0.25) is 14.5 Å². The fourth-order valence-electron chi connectivity index (χ4n) is 2.79. The third-order valence-corrected chi connectivity index (χ3v) is 5.86. The third-order valence-electron chi connectivity index (χ3n) is 4.26. The van der Waals surface area contributed by atoms with Crippen molar-refractivity contribution in [3.05, 3.63) is 63.0 Å². The molecule has 1 saturated heterocycles. The first-order valence-electron chi connectivity index (χ1n) is 8.90. The van der Waals surface area contributed by atoms with Crippen molar-refractivity contribution in [2.45, 2.75) is 6.42 Å². The number of halogens is 1. The van der Waals surface area contributed by atoms with E-state index in [1.54, 1.807) is 18.2 Å². The summed E-state index contributed by atoms with van der Waals surface area (Å²) < 4.78 is 11.0. The maximum absolute atomic E-state index is 12.7. The maximum atomic E-state index is 12.7. The van der Waals surface area contributed by atoms with E-state index in [2.05, 4.69) is 15.9 Å². The first kappa shape index (κ1) is 21.9. The lowest BCUT2D eigenvalue weighted by Gasteiger charge is -2.12. The number of imide groups is 1. The molecule has 0 spiro atoms. The molecular weight excluding hydrogens is 474 g/mol. The number of rotatable bonds is 8. The van der Waals surface area contributed by atoms with Gasteiger partial charge in [0.05, 0.1) is 12.0 Å². The van der Waals surface area contributed by atoms with Gasteiger partial charge in [-0.15, -0.1) is 0 Å². The van der Waals surface area contributed by atoms with Crippen LogP contribution in [0.15, 0.2) is 51.8 Å². The Labute approximate surface area is 185 Å². The van der Waals surface area contributed by atoms with Gasteiger partial charge in [0.15, 0.2) is 18.1 Å². The van der Waals surface area contributed by atoms with E-state index in [0.717, 1.165) is 17.3 Å². The highest BCUT2D eigenvalue weighted by molar-refractivity contribution is 9.10. The van der Waals surface area contributed by atoms with Crippen LogP contribution in [-0.2, 0) is 16.0 Å². The number of methoxy groups -OCH3 is 1. The molecule has 0 saturated carbocycles.